The van der Waals surface area contributed by atoms with Crippen molar-refractivity contribution in [3.8, 4) is 0 Å². The molecule has 0 N–H and O–H groups in total. The Morgan fingerprint density at radius 1 is 0.852 bits per heavy atom. The monoisotopic (exact) mass is 383 g/mol. The normalized spacial score (nSPS) is 11.6. The lowest BCUT2D eigenvalue weighted by molar-refractivity contribution is 0.302. The lowest BCUT2D eigenvalue weighted by Crippen LogP contribution is -2.23. The quantitative estimate of drug-likeness (QED) is 0.588. The third-order valence-corrected chi connectivity index (χ3v) is 4.83. The van der Waals surface area contributed by atoms with E-state index in [2.05, 4.69) is 24.3 Å². The molecule has 0 amide bonds. The second kappa shape index (κ2) is 8.33. The van der Waals surface area contributed by atoms with E-state index in [1.807, 2.05) is 42.5 Å². The first-order valence-corrected chi connectivity index (χ1v) is 10.4. The van der Waals surface area contributed by atoms with Crippen LogP contribution in [0.1, 0.15) is 22.6 Å². The Hall–Kier alpha value is -2.70. The third kappa shape index (κ3) is 5.15. The summed E-state index contributed by atoms with van der Waals surface area (Å²) in [7, 11) is -3.53. The average molecular weight is 383 g/mol. The predicted molar refractivity (Wildman–Crippen MR) is 105 cm³/mol. The molecule has 6 heteroatoms. The van der Waals surface area contributed by atoms with Gasteiger partial charge in [0.15, 0.2) is 0 Å². The van der Waals surface area contributed by atoms with Gasteiger partial charge in [0.2, 0.25) is 0 Å². The highest BCUT2D eigenvalue weighted by atomic mass is 32.2. The van der Waals surface area contributed by atoms with Gasteiger partial charge in [-0.25, -0.2) is 0 Å². The van der Waals surface area contributed by atoms with E-state index in [1.54, 1.807) is 6.20 Å². The number of pyridine rings is 1. The van der Waals surface area contributed by atoms with Crippen molar-refractivity contribution in [3.63, 3.8) is 0 Å². The molecule has 27 heavy (non-hydrogen) atoms. The summed E-state index contributed by atoms with van der Waals surface area (Å²) in [4.78, 5) is 12.2. The molecule has 0 saturated heterocycles. The maximum atomic E-state index is 12.2. The SMILES string of the molecule is CS(=O)(=O)OCCn1cc(C(c2ccccc2)c2ccccc2)ccc1=O. The molecular formula is C21H21NO4S. The fourth-order valence-electron chi connectivity index (χ4n) is 3.05. The predicted octanol–water partition coefficient (Wildman–Crippen LogP) is 3.00. The number of benzene rings is 2. The van der Waals surface area contributed by atoms with Crippen LogP contribution in [0.25, 0.3) is 0 Å². The van der Waals surface area contributed by atoms with Gasteiger partial charge in [0.05, 0.1) is 19.4 Å². The van der Waals surface area contributed by atoms with Crippen LogP contribution in [0.4, 0.5) is 0 Å². The minimum absolute atomic E-state index is 0.0323. The van der Waals surface area contributed by atoms with Crippen LogP contribution in [0.3, 0.4) is 0 Å². The highest BCUT2D eigenvalue weighted by Crippen LogP contribution is 2.31. The molecule has 5 nitrogen and oxygen atoms in total. The molecule has 0 aliphatic rings. The maximum Gasteiger partial charge on any atom is 0.264 e. The van der Waals surface area contributed by atoms with Crippen molar-refractivity contribution in [1.82, 2.24) is 4.57 Å². The van der Waals surface area contributed by atoms with Gasteiger partial charge in [-0.1, -0.05) is 66.7 Å². The van der Waals surface area contributed by atoms with E-state index in [1.165, 1.54) is 10.6 Å². The smallest absolute Gasteiger partial charge is 0.264 e. The Balaban J connectivity index is 1.98. The molecule has 0 saturated carbocycles. The number of aromatic nitrogens is 1. The minimum Gasteiger partial charge on any atom is -0.313 e. The van der Waals surface area contributed by atoms with Crippen molar-refractivity contribution >= 4 is 10.1 Å². The van der Waals surface area contributed by atoms with Gasteiger partial charge in [-0.3, -0.25) is 8.98 Å². The second-order valence-corrected chi connectivity index (χ2v) is 7.92. The lowest BCUT2D eigenvalue weighted by atomic mass is 9.86. The molecule has 0 radical (unpaired) electrons. The van der Waals surface area contributed by atoms with E-state index in [9.17, 15) is 13.2 Å². The van der Waals surface area contributed by atoms with Gasteiger partial charge >= 0.3 is 0 Å². The topological polar surface area (TPSA) is 65.4 Å². The molecule has 3 rings (SSSR count). The number of hydrogen-bond donors (Lipinski definition) is 0. The van der Waals surface area contributed by atoms with Gasteiger partial charge in [-0.2, -0.15) is 8.42 Å². The van der Waals surface area contributed by atoms with E-state index >= 15 is 0 Å². The van der Waals surface area contributed by atoms with E-state index < -0.39 is 10.1 Å². The molecule has 0 unspecified atom stereocenters. The Bertz CT molecular complexity index is 1000. The molecule has 2 aromatic carbocycles. The molecule has 0 bridgehead atoms. The number of rotatable bonds is 7. The van der Waals surface area contributed by atoms with Crippen LogP contribution in [0.2, 0.25) is 0 Å². The summed E-state index contributed by atoms with van der Waals surface area (Å²) < 4.78 is 28.5. The molecule has 0 spiro atoms. The zero-order valence-corrected chi connectivity index (χ0v) is 15.8. The van der Waals surface area contributed by atoms with E-state index in [0.29, 0.717) is 0 Å². The third-order valence-electron chi connectivity index (χ3n) is 4.24. The van der Waals surface area contributed by atoms with Crippen LogP contribution in [0, 0.1) is 0 Å². The Labute approximate surface area is 159 Å². The van der Waals surface area contributed by atoms with E-state index in [0.717, 1.165) is 22.9 Å². The van der Waals surface area contributed by atoms with Crippen molar-refractivity contribution < 1.29 is 12.6 Å². The Morgan fingerprint density at radius 3 is 1.93 bits per heavy atom. The summed E-state index contributed by atoms with van der Waals surface area (Å²) in [5.74, 6) is -0.0323. The van der Waals surface area contributed by atoms with Crippen LogP contribution in [0.15, 0.2) is 83.8 Å². The first-order chi connectivity index (χ1) is 12.9. The summed E-state index contributed by atoms with van der Waals surface area (Å²) in [6.45, 7) is 0.0829. The summed E-state index contributed by atoms with van der Waals surface area (Å²) >= 11 is 0. The Kier molecular flexibility index (Phi) is 5.88. The lowest BCUT2D eigenvalue weighted by Gasteiger charge is -2.20. The molecule has 1 aromatic heterocycles. The van der Waals surface area contributed by atoms with Crippen molar-refractivity contribution in [1.29, 1.82) is 0 Å². The summed E-state index contributed by atoms with van der Waals surface area (Å²) in [5, 5.41) is 0. The van der Waals surface area contributed by atoms with Crippen LogP contribution < -0.4 is 5.56 Å². The molecule has 0 fully saturated rings. The van der Waals surface area contributed by atoms with Crippen molar-refractivity contribution in [3.05, 3.63) is 106 Å². The van der Waals surface area contributed by atoms with Gasteiger partial charge < -0.3 is 4.57 Å². The largest absolute Gasteiger partial charge is 0.313 e. The van der Waals surface area contributed by atoms with Crippen molar-refractivity contribution in [2.24, 2.45) is 0 Å². The highest BCUT2D eigenvalue weighted by molar-refractivity contribution is 7.85. The number of hydrogen-bond acceptors (Lipinski definition) is 4. The van der Waals surface area contributed by atoms with Gasteiger partial charge in [0.25, 0.3) is 15.7 Å². The standard InChI is InChI=1S/C21H21NO4S/c1-27(24,25)26-15-14-22-16-19(12-13-20(22)23)21(17-8-4-2-5-9-17)18-10-6-3-7-11-18/h2-13,16,21H,14-15H2,1H3. The van der Waals surface area contributed by atoms with E-state index in [-0.39, 0.29) is 24.6 Å². The zero-order valence-electron chi connectivity index (χ0n) is 15.0. The molecular weight excluding hydrogens is 362 g/mol. The number of nitrogens with zero attached hydrogens (tertiary/aromatic N) is 1. The second-order valence-electron chi connectivity index (χ2n) is 6.27. The molecule has 3 aromatic rings. The Morgan fingerprint density at radius 2 is 1.41 bits per heavy atom. The zero-order chi connectivity index (χ0) is 19.3. The first kappa shape index (κ1) is 19.1. The van der Waals surface area contributed by atoms with E-state index in [4.69, 9.17) is 4.18 Å². The fourth-order valence-corrected chi connectivity index (χ4v) is 3.43. The van der Waals surface area contributed by atoms with Gasteiger partial charge in [0.1, 0.15) is 0 Å². The van der Waals surface area contributed by atoms with Gasteiger partial charge in [-0.05, 0) is 16.7 Å². The van der Waals surface area contributed by atoms with Crippen LogP contribution in [0.5, 0.6) is 0 Å². The fraction of sp³-hybridized carbons (Fsp3) is 0.190. The van der Waals surface area contributed by atoms with Crippen LogP contribution in [-0.4, -0.2) is 25.8 Å². The molecule has 0 aliphatic heterocycles. The minimum atomic E-state index is -3.53. The van der Waals surface area contributed by atoms with Gasteiger partial charge in [0, 0.05) is 18.2 Å². The van der Waals surface area contributed by atoms with Crippen molar-refractivity contribution in [2.45, 2.75) is 12.5 Å². The molecule has 0 aliphatic carbocycles. The average Bonchev–Trinajstić information content (AvgIpc) is 2.65. The highest BCUT2D eigenvalue weighted by Gasteiger charge is 2.17. The molecule has 1 heterocycles. The van der Waals surface area contributed by atoms with Crippen LogP contribution in [-0.2, 0) is 20.8 Å². The molecule has 140 valence electrons. The first-order valence-electron chi connectivity index (χ1n) is 8.59. The molecule has 0 atom stereocenters. The summed E-state index contributed by atoms with van der Waals surface area (Å²) in [6, 6.07) is 23.4. The van der Waals surface area contributed by atoms with Gasteiger partial charge in [-0.15, -0.1) is 0 Å². The van der Waals surface area contributed by atoms with Crippen LogP contribution >= 0.6 is 0 Å². The maximum absolute atomic E-state index is 12.2. The van der Waals surface area contributed by atoms with Crippen molar-refractivity contribution in [2.75, 3.05) is 12.9 Å². The summed E-state index contributed by atoms with van der Waals surface area (Å²) in [5.41, 5.74) is 2.98. The summed E-state index contributed by atoms with van der Waals surface area (Å²) in [6.07, 6.45) is 2.77.